The van der Waals surface area contributed by atoms with Gasteiger partial charge in [-0.15, -0.1) is 0 Å². The molecule has 0 aromatic carbocycles. The number of amides is 2. The highest BCUT2D eigenvalue weighted by molar-refractivity contribution is 7.98. The molecule has 0 radical (unpaired) electrons. The molecule has 2 aliphatic heterocycles. The second kappa shape index (κ2) is 6.80. The molecule has 0 unspecified atom stereocenters. The number of carbonyl (C=O) groups is 2. The summed E-state index contributed by atoms with van der Waals surface area (Å²) < 4.78 is 0. The normalized spacial score (nSPS) is 23.5. The smallest absolute Gasteiger partial charge is 0.240 e. The van der Waals surface area contributed by atoms with Crippen molar-refractivity contribution < 1.29 is 9.59 Å². The molecular weight excluding hydrogens is 274 g/mol. The molecule has 2 rings (SSSR count). The first-order valence-corrected chi connectivity index (χ1v) is 8.76. The number of hydrogen-bond acceptors (Lipinski definition) is 4. The number of thioether (sulfide) groups is 1. The van der Waals surface area contributed by atoms with Crippen molar-refractivity contribution in [2.75, 3.05) is 45.2 Å². The minimum atomic E-state index is -0.396. The lowest BCUT2D eigenvalue weighted by Crippen LogP contribution is -2.61. The predicted molar refractivity (Wildman–Crippen MR) is 81.8 cm³/mol. The number of nitrogens with one attached hydrogen (secondary N) is 1. The fourth-order valence-electron chi connectivity index (χ4n) is 3.15. The highest BCUT2D eigenvalue weighted by Crippen LogP contribution is 2.30. The van der Waals surface area contributed by atoms with Crippen molar-refractivity contribution in [3.63, 3.8) is 0 Å². The van der Waals surface area contributed by atoms with E-state index >= 15 is 0 Å². The van der Waals surface area contributed by atoms with Gasteiger partial charge in [-0.1, -0.05) is 0 Å². The molecule has 1 N–H and O–H groups in total. The molecule has 0 saturated carbocycles. The van der Waals surface area contributed by atoms with E-state index in [1.54, 1.807) is 11.8 Å². The van der Waals surface area contributed by atoms with E-state index in [-0.39, 0.29) is 11.8 Å². The predicted octanol–water partition coefficient (Wildman–Crippen LogP) is 0.552. The number of nitrogens with zero attached hydrogens (tertiary/aromatic N) is 2. The Bertz CT molecular complexity index is 367. The number of piperidine rings is 1. The molecule has 0 aliphatic carbocycles. The topological polar surface area (TPSA) is 52.7 Å². The van der Waals surface area contributed by atoms with Gasteiger partial charge < -0.3 is 10.2 Å². The average Bonchev–Trinajstić information content (AvgIpc) is 2.60. The van der Waals surface area contributed by atoms with Gasteiger partial charge in [-0.25, -0.2) is 0 Å². The lowest BCUT2D eigenvalue weighted by atomic mass is 9.85. The molecule has 6 heteroatoms. The van der Waals surface area contributed by atoms with Gasteiger partial charge in [0, 0.05) is 38.4 Å². The van der Waals surface area contributed by atoms with E-state index in [0.29, 0.717) is 19.5 Å². The van der Waals surface area contributed by atoms with Crippen LogP contribution in [0.2, 0.25) is 0 Å². The Morgan fingerprint density at radius 2 is 2.05 bits per heavy atom. The summed E-state index contributed by atoms with van der Waals surface area (Å²) in [7, 11) is 2.04. The molecule has 0 aromatic heterocycles. The molecule has 2 amide bonds. The Morgan fingerprint density at radius 3 is 2.70 bits per heavy atom. The number of hydrogen-bond donors (Lipinski definition) is 1. The van der Waals surface area contributed by atoms with Crippen LogP contribution >= 0.6 is 11.8 Å². The van der Waals surface area contributed by atoms with Crippen LogP contribution in [0, 0.1) is 0 Å². The lowest BCUT2D eigenvalue weighted by Gasteiger charge is -2.45. The summed E-state index contributed by atoms with van der Waals surface area (Å²) in [4.78, 5) is 28.6. The van der Waals surface area contributed by atoms with Crippen LogP contribution in [0.4, 0.5) is 0 Å². The van der Waals surface area contributed by atoms with Gasteiger partial charge in [0.05, 0.1) is 0 Å². The van der Waals surface area contributed by atoms with Gasteiger partial charge in [-0.2, -0.15) is 11.8 Å². The van der Waals surface area contributed by atoms with Crippen molar-refractivity contribution in [1.82, 2.24) is 15.1 Å². The highest BCUT2D eigenvalue weighted by atomic mass is 32.2. The van der Waals surface area contributed by atoms with Crippen LogP contribution < -0.4 is 5.32 Å². The maximum absolute atomic E-state index is 12.4. The lowest BCUT2D eigenvalue weighted by molar-refractivity contribution is -0.141. The van der Waals surface area contributed by atoms with Crippen molar-refractivity contribution in [3.05, 3.63) is 0 Å². The minimum Gasteiger partial charge on any atom is -0.354 e. The van der Waals surface area contributed by atoms with E-state index in [0.717, 1.165) is 38.1 Å². The minimum absolute atomic E-state index is 0.147. The largest absolute Gasteiger partial charge is 0.354 e. The van der Waals surface area contributed by atoms with Gasteiger partial charge in [-0.05, 0) is 32.6 Å². The van der Waals surface area contributed by atoms with Crippen LogP contribution in [0.3, 0.4) is 0 Å². The molecule has 114 valence electrons. The fourth-order valence-corrected chi connectivity index (χ4v) is 3.53. The third-order valence-corrected chi connectivity index (χ3v) is 5.18. The van der Waals surface area contributed by atoms with E-state index in [2.05, 4.69) is 10.2 Å². The first kappa shape index (κ1) is 15.6. The Balaban J connectivity index is 1.97. The van der Waals surface area contributed by atoms with Gasteiger partial charge in [0.1, 0.15) is 5.54 Å². The van der Waals surface area contributed by atoms with E-state index in [1.807, 2.05) is 18.2 Å². The molecule has 2 heterocycles. The first-order valence-electron chi connectivity index (χ1n) is 7.36. The fraction of sp³-hybridized carbons (Fsp3) is 0.857. The van der Waals surface area contributed by atoms with Crippen molar-refractivity contribution in [2.24, 2.45) is 0 Å². The van der Waals surface area contributed by atoms with E-state index in [4.69, 9.17) is 0 Å². The Morgan fingerprint density at radius 1 is 1.35 bits per heavy atom. The molecule has 2 saturated heterocycles. The van der Waals surface area contributed by atoms with E-state index < -0.39 is 5.54 Å². The number of likely N-dealkylation sites (tertiary alicyclic amines) is 1. The molecule has 2 fully saturated rings. The van der Waals surface area contributed by atoms with Gasteiger partial charge in [0.2, 0.25) is 11.8 Å². The van der Waals surface area contributed by atoms with E-state index in [9.17, 15) is 9.59 Å². The average molecular weight is 299 g/mol. The summed E-state index contributed by atoms with van der Waals surface area (Å²) in [5.74, 6) is 1.25. The van der Waals surface area contributed by atoms with Gasteiger partial charge >= 0.3 is 0 Å². The molecule has 0 bridgehead atoms. The molecule has 0 aromatic rings. The standard InChI is InChI=1S/C14H25N3O2S/c1-16-8-3-7-15-13(19)14(16)5-9-17(10-6-14)12(18)4-11-20-2/h3-11H2,1-2H3,(H,15,19). The van der Waals surface area contributed by atoms with Crippen LogP contribution in [-0.4, -0.2) is 72.4 Å². The Labute approximate surface area is 125 Å². The summed E-state index contributed by atoms with van der Waals surface area (Å²) in [6.07, 6.45) is 5.13. The van der Waals surface area contributed by atoms with Crippen LogP contribution in [0.1, 0.15) is 25.7 Å². The highest BCUT2D eigenvalue weighted by Gasteiger charge is 2.45. The number of rotatable bonds is 3. The van der Waals surface area contributed by atoms with Gasteiger partial charge in [-0.3, -0.25) is 14.5 Å². The summed E-state index contributed by atoms with van der Waals surface area (Å²) in [5, 5.41) is 3.03. The number of likely N-dealkylation sites (N-methyl/N-ethyl adjacent to an activating group) is 1. The molecule has 1 spiro atoms. The zero-order chi connectivity index (χ0) is 14.6. The first-order chi connectivity index (χ1) is 9.60. The summed E-state index contributed by atoms with van der Waals surface area (Å²) in [5.41, 5.74) is -0.396. The third kappa shape index (κ3) is 3.11. The zero-order valence-corrected chi connectivity index (χ0v) is 13.3. The second-order valence-electron chi connectivity index (χ2n) is 5.69. The van der Waals surface area contributed by atoms with Crippen LogP contribution in [-0.2, 0) is 9.59 Å². The summed E-state index contributed by atoms with van der Waals surface area (Å²) in [6, 6.07) is 0. The monoisotopic (exact) mass is 299 g/mol. The zero-order valence-electron chi connectivity index (χ0n) is 12.5. The summed E-state index contributed by atoms with van der Waals surface area (Å²) in [6.45, 7) is 3.11. The maximum atomic E-state index is 12.4. The van der Waals surface area contributed by atoms with Crippen molar-refractivity contribution >= 4 is 23.6 Å². The Kier molecular flexibility index (Phi) is 5.32. The van der Waals surface area contributed by atoms with Crippen molar-refractivity contribution in [2.45, 2.75) is 31.2 Å². The van der Waals surface area contributed by atoms with Crippen LogP contribution in [0.25, 0.3) is 0 Å². The molecule has 0 atom stereocenters. The number of carbonyl (C=O) groups excluding carboxylic acids is 2. The Hall–Kier alpha value is -0.750. The van der Waals surface area contributed by atoms with Crippen molar-refractivity contribution in [1.29, 1.82) is 0 Å². The molecular formula is C14H25N3O2S. The molecule has 20 heavy (non-hydrogen) atoms. The van der Waals surface area contributed by atoms with Crippen molar-refractivity contribution in [3.8, 4) is 0 Å². The van der Waals surface area contributed by atoms with Gasteiger partial charge in [0.15, 0.2) is 0 Å². The molecule has 5 nitrogen and oxygen atoms in total. The third-order valence-electron chi connectivity index (χ3n) is 4.57. The second-order valence-corrected chi connectivity index (χ2v) is 6.67. The van der Waals surface area contributed by atoms with Crippen LogP contribution in [0.5, 0.6) is 0 Å². The SMILES string of the molecule is CSCCC(=O)N1CCC2(CC1)C(=O)NCCCN2C. The maximum Gasteiger partial charge on any atom is 0.240 e. The van der Waals surface area contributed by atoms with Crippen LogP contribution in [0.15, 0.2) is 0 Å². The quantitative estimate of drug-likeness (QED) is 0.827. The summed E-state index contributed by atoms with van der Waals surface area (Å²) >= 11 is 1.70. The van der Waals surface area contributed by atoms with E-state index in [1.165, 1.54) is 0 Å². The molecule has 2 aliphatic rings. The van der Waals surface area contributed by atoms with Gasteiger partial charge in [0.25, 0.3) is 0 Å².